The summed E-state index contributed by atoms with van der Waals surface area (Å²) in [7, 11) is 0. The van der Waals surface area contributed by atoms with Gasteiger partial charge >= 0.3 is 23.9 Å². The Labute approximate surface area is 336 Å². The van der Waals surface area contributed by atoms with Gasteiger partial charge in [-0.1, -0.05) is 154 Å². The molecule has 0 aliphatic heterocycles. The first-order valence-electron chi connectivity index (χ1n) is 22.0. The average Bonchev–Trinajstić information content (AvgIpc) is 3.19. The molecule has 8 nitrogen and oxygen atoms in total. The Morgan fingerprint density at radius 1 is 0.400 bits per heavy atom. The van der Waals surface area contributed by atoms with Crippen LogP contribution in [0.25, 0.3) is 0 Å². The molecule has 0 fully saturated rings. The number of unbranched alkanes of at least 4 members (excludes halogenated alkanes) is 22. The van der Waals surface area contributed by atoms with Gasteiger partial charge in [0.25, 0.3) is 0 Å². The van der Waals surface area contributed by atoms with Gasteiger partial charge in [-0.3, -0.25) is 9.59 Å². The van der Waals surface area contributed by atoms with Crippen molar-refractivity contribution in [3.05, 3.63) is 49.6 Å². The van der Waals surface area contributed by atoms with Crippen LogP contribution >= 0.6 is 0 Å². The molecular weight excluding hydrogens is 693 g/mol. The molecule has 0 unspecified atom stereocenters. The molecule has 0 rings (SSSR count). The number of esters is 4. The molecule has 0 bridgehead atoms. The van der Waals surface area contributed by atoms with Gasteiger partial charge in [-0.15, -0.1) is 0 Å². The van der Waals surface area contributed by atoms with E-state index in [-0.39, 0.29) is 39.3 Å². The highest BCUT2D eigenvalue weighted by Gasteiger charge is 2.37. The van der Waals surface area contributed by atoms with Crippen LogP contribution in [0.15, 0.2) is 49.6 Å². The van der Waals surface area contributed by atoms with E-state index in [9.17, 15) is 19.2 Å². The smallest absolute Gasteiger partial charge is 0.330 e. The van der Waals surface area contributed by atoms with Crippen LogP contribution in [-0.4, -0.2) is 50.3 Å². The van der Waals surface area contributed by atoms with Gasteiger partial charge in [0.15, 0.2) is 0 Å². The fourth-order valence-electron chi connectivity index (χ4n) is 6.11. The molecule has 0 radical (unpaired) electrons. The number of hydrogen-bond donors (Lipinski definition) is 0. The van der Waals surface area contributed by atoms with Crippen LogP contribution < -0.4 is 0 Å². The van der Waals surface area contributed by atoms with E-state index in [1.54, 1.807) is 0 Å². The molecule has 55 heavy (non-hydrogen) atoms. The normalized spacial score (nSPS) is 11.5. The summed E-state index contributed by atoms with van der Waals surface area (Å²) in [5, 5.41) is 0. The predicted octanol–water partition coefficient (Wildman–Crippen LogP) is 12.6. The van der Waals surface area contributed by atoms with Crippen molar-refractivity contribution in [1.29, 1.82) is 0 Å². The minimum absolute atomic E-state index is 0.238. The van der Waals surface area contributed by atoms with E-state index in [0.717, 1.165) is 76.4 Å². The van der Waals surface area contributed by atoms with Gasteiger partial charge in [-0.2, -0.15) is 0 Å². The number of allylic oxidation sites excluding steroid dienone is 4. The molecular formula is C47H80O8. The van der Waals surface area contributed by atoms with E-state index in [4.69, 9.17) is 18.9 Å². The maximum Gasteiger partial charge on any atom is 0.330 e. The van der Waals surface area contributed by atoms with Crippen LogP contribution in [0.3, 0.4) is 0 Å². The first kappa shape index (κ1) is 51.8. The molecule has 0 aliphatic carbocycles. The second-order valence-electron chi connectivity index (χ2n) is 15.1. The summed E-state index contributed by atoms with van der Waals surface area (Å²) in [5.74, 6) is -2.21. The summed E-state index contributed by atoms with van der Waals surface area (Å²) < 4.78 is 21.8. The third kappa shape index (κ3) is 35.0. The topological polar surface area (TPSA) is 105 Å². The zero-order valence-electron chi connectivity index (χ0n) is 35.3. The lowest BCUT2D eigenvalue weighted by molar-refractivity contribution is -0.167. The Hall–Kier alpha value is -3.16. The SMILES string of the molecule is C=CC(=O)OCC(COC(=O)C=C)(COC(=O)CCCCCCC/C=C\CCCCCCCC)COC(=O)CCCCCCC/C=C\CCCCCCCC. The monoisotopic (exact) mass is 773 g/mol. The fraction of sp³-hybridized carbons (Fsp3) is 0.745. The summed E-state index contributed by atoms with van der Waals surface area (Å²) >= 11 is 0. The quantitative estimate of drug-likeness (QED) is 0.0199. The average molecular weight is 773 g/mol. The van der Waals surface area contributed by atoms with Crippen LogP contribution in [0.4, 0.5) is 0 Å². The molecule has 0 amide bonds. The first-order valence-corrected chi connectivity index (χ1v) is 22.0. The van der Waals surface area contributed by atoms with Crippen molar-refractivity contribution in [2.75, 3.05) is 26.4 Å². The Morgan fingerprint density at radius 3 is 0.982 bits per heavy atom. The Kier molecular flexibility index (Phi) is 36.8. The third-order valence-electron chi connectivity index (χ3n) is 9.74. The van der Waals surface area contributed by atoms with Crippen molar-refractivity contribution in [1.82, 2.24) is 0 Å². The molecule has 0 saturated carbocycles. The van der Waals surface area contributed by atoms with Crippen molar-refractivity contribution < 1.29 is 38.1 Å². The van der Waals surface area contributed by atoms with Crippen molar-refractivity contribution >= 4 is 23.9 Å². The van der Waals surface area contributed by atoms with E-state index >= 15 is 0 Å². The largest absolute Gasteiger partial charge is 0.465 e. The van der Waals surface area contributed by atoms with Gasteiger partial charge < -0.3 is 18.9 Å². The summed E-state index contributed by atoms with van der Waals surface area (Å²) in [4.78, 5) is 49.4. The second-order valence-corrected chi connectivity index (χ2v) is 15.1. The minimum Gasteiger partial charge on any atom is -0.465 e. The zero-order valence-corrected chi connectivity index (χ0v) is 35.3. The second kappa shape index (κ2) is 39.1. The van der Waals surface area contributed by atoms with Gasteiger partial charge in [-0.25, -0.2) is 9.59 Å². The molecule has 0 aromatic rings. The summed E-state index contributed by atoms with van der Waals surface area (Å²) in [5.41, 5.74) is -1.28. The molecule has 0 saturated heterocycles. The third-order valence-corrected chi connectivity index (χ3v) is 9.74. The standard InChI is InChI=1S/C47H80O8/c1-5-9-11-13-15-17-19-21-23-25-27-29-31-33-35-37-45(50)54-41-47(39-52-43(48)7-3,40-53-44(49)8-4)42-55-46(51)38-36-34-32-30-28-26-24-22-20-18-16-14-12-10-6-2/h7-8,21-24H,3-6,9-20,25-42H2,1-2H3/b23-21-,24-22-. The summed E-state index contributed by atoms with van der Waals surface area (Å²) in [6.45, 7) is 10.2. The molecule has 316 valence electrons. The van der Waals surface area contributed by atoms with Gasteiger partial charge in [0.05, 0.1) is 0 Å². The van der Waals surface area contributed by atoms with Gasteiger partial charge in [0.2, 0.25) is 0 Å². The van der Waals surface area contributed by atoms with E-state index < -0.39 is 29.3 Å². The highest BCUT2D eigenvalue weighted by atomic mass is 16.6. The summed E-state index contributed by atoms with van der Waals surface area (Å²) in [6, 6.07) is 0. The minimum atomic E-state index is -1.28. The van der Waals surface area contributed by atoms with Crippen molar-refractivity contribution in [2.45, 2.75) is 194 Å². The lowest BCUT2D eigenvalue weighted by Gasteiger charge is -2.31. The van der Waals surface area contributed by atoms with Crippen LogP contribution in [0.5, 0.6) is 0 Å². The Balaban J connectivity index is 4.60. The Morgan fingerprint density at radius 2 is 0.673 bits per heavy atom. The number of ether oxygens (including phenoxy) is 4. The van der Waals surface area contributed by atoms with E-state index in [2.05, 4.69) is 51.3 Å². The van der Waals surface area contributed by atoms with Crippen LogP contribution in [0, 0.1) is 5.41 Å². The molecule has 0 aromatic heterocycles. The summed E-state index contributed by atoms with van der Waals surface area (Å²) in [6.07, 6.45) is 42.0. The number of carbonyl (C=O) groups is 4. The number of rotatable bonds is 40. The van der Waals surface area contributed by atoms with E-state index in [1.165, 1.54) is 89.9 Å². The van der Waals surface area contributed by atoms with Gasteiger partial charge in [-0.05, 0) is 64.2 Å². The van der Waals surface area contributed by atoms with Gasteiger partial charge in [0.1, 0.15) is 31.8 Å². The van der Waals surface area contributed by atoms with E-state index in [1.807, 2.05) is 0 Å². The van der Waals surface area contributed by atoms with Crippen LogP contribution in [0.1, 0.15) is 194 Å². The highest BCUT2D eigenvalue weighted by Crippen LogP contribution is 2.23. The number of hydrogen-bond acceptors (Lipinski definition) is 8. The first-order chi connectivity index (χ1) is 26.8. The molecule has 0 aromatic carbocycles. The molecule has 0 atom stereocenters. The van der Waals surface area contributed by atoms with Gasteiger partial charge in [0, 0.05) is 25.0 Å². The van der Waals surface area contributed by atoms with Crippen molar-refractivity contribution in [3.8, 4) is 0 Å². The van der Waals surface area contributed by atoms with E-state index in [0.29, 0.717) is 12.8 Å². The molecule has 0 N–H and O–H groups in total. The Bertz CT molecular complexity index is 964. The number of carbonyl (C=O) groups excluding carboxylic acids is 4. The van der Waals surface area contributed by atoms with Crippen LogP contribution in [-0.2, 0) is 38.1 Å². The van der Waals surface area contributed by atoms with Crippen LogP contribution in [0.2, 0.25) is 0 Å². The highest BCUT2D eigenvalue weighted by molar-refractivity contribution is 5.81. The van der Waals surface area contributed by atoms with Crippen molar-refractivity contribution in [2.24, 2.45) is 5.41 Å². The maximum atomic E-state index is 12.7. The fourth-order valence-corrected chi connectivity index (χ4v) is 6.11. The lowest BCUT2D eigenvalue weighted by atomic mass is 9.92. The molecule has 0 spiro atoms. The predicted molar refractivity (Wildman–Crippen MR) is 226 cm³/mol. The molecule has 8 heteroatoms. The molecule has 0 heterocycles. The molecule has 0 aliphatic rings. The van der Waals surface area contributed by atoms with Crippen molar-refractivity contribution in [3.63, 3.8) is 0 Å². The maximum absolute atomic E-state index is 12.7. The zero-order chi connectivity index (χ0) is 40.5. The lowest BCUT2D eigenvalue weighted by Crippen LogP contribution is -2.43.